The van der Waals surface area contributed by atoms with Crippen LogP contribution in [-0.2, 0) is 6.42 Å². The third-order valence-electron chi connectivity index (χ3n) is 2.67. The first kappa shape index (κ1) is 13.0. The van der Waals surface area contributed by atoms with Gasteiger partial charge in [-0.3, -0.25) is 4.98 Å². The highest BCUT2D eigenvalue weighted by atomic mass is 16.5. The van der Waals surface area contributed by atoms with E-state index >= 15 is 0 Å². The van der Waals surface area contributed by atoms with Gasteiger partial charge in [0.2, 0.25) is 5.89 Å². The molecule has 6 heteroatoms. The van der Waals surface area contributed by atoms with E-state index < -0.39 is 0 Å². The summed E-state index contributed by atoms with van der Waals surface area (Å²) in [6.07, 6.45) is 0.641. The van der Waals surface area contributed by atoms with Gasteiger partial charge >= 0.3 is 0 Å². The molecule has 0 atom stereocenters. The van der Waals surface area contributed by atoms with Gasteiger partial charge in [0.1, 0.15) is 6.07 Å². The van der Waals surface area contributed by atoms with Crippen LogP contribution in [0.3, 0.4) is 0 Å². The minimum Gasteiger partial charge on any atom is -0.383 e. The lowest BCUT2D eigenvalue weighted by atomic mass is 10.1. The lowest BCUT2D eigenvalue weighted by Crippen LogP contribution is -2.09. The minimum atomic E-state index is 0.559. The van der Waals surface area contributed by atoms with Gasteiger partial charge in [-0.1, -0.05) is 5.16 Å². The van der Waals surface area contributed by atoms with Crippen LogP contribution in [0.15, 0.2) is 10.6 Å². The fourth-order valence-corrected chi connectivity index (χ4v) is 1.86. The van der Waals surface area contributed by atoms with Crippen molar-refractivity contribution >= 4 is 5.69 Å². The number of hydrogen-bond donors (Lipinski definition) is 1. The molecule has 0 aliphatic heterocycles. The Hall–Kier alpha value is -2.42. The van der Waals surface area contributed by atoms with E-state index in [-0.39, 0.29) is 0 Å². The van der Waals surface area contributed by atoms with Crippen LogP contribution in [0.4, 0.5) is 5.69 Å². The van der Waals surface area contributed by atoms with Crippen LogP contribution >= 0.6 is 0 Å². The lowest BCUT2D eigenvalue weighted by molar-refractivity contribution is 0.387. The number of nitrogens with zero attached hydrogens (tertiary/aromatic N) is 4. The number of nitriles is 1. The van der Waals surface area contributed by atoms with E-state index in [1.807, 2.05) is 19.9 Å². The van der Waals surface area contributed by atoms with Crippen LogP contribution in [0.25, 0.3) is 0 Å². The molecule has 0 fully saturated rings. The number of anilines is 1. The smallest absolute Gasteiger partial charge is 0.223 e. The summed E-state index contributed by atoms with van der Waals surface area (Å²) >= 11 is 0. The van der Waals surface area contributed by atoms with Gasteiger partial charge in [0.05, 0.1) is 16.9 Å². The zero-order valence-corrected chi connectivity index (χ0v) is 11.2. The summed E-state index contributed by atoms with van der Waals surface area (Å²) in [5.74, 6) is 1.22. The molecular formula is C13H15N5O. The molecule has 2 rings (SSSR count). The van der Waals surface area contributed by atoms with Crippen LogP contribution in [0.1, 0.15) is 28.7 Å². The van der Waals surface area contributed by atoms with Crippen molar-refractivity contribution < 1.29 is 4.52 Å². The summed E-state index contributed by atoms with van der Waals surface area (Å²) < 4.78 is 4.90. The van der Waals surface area contributed by atoms with Crippen molar-refractivity contribution in [2.45, 2.75) is 27.2 Å². The molecule has 0 saturated heterocycles. The van der Waals surface area contributed by atoms with Crippen molar-refractivity contribution in [1.82, 2.24) is 15.1 Å². The van der Waals surface area contributed by atoms with Crippen molar-refractivity contribution in [3.8, 4) is 6.07 Å². The molecule has 2 aromatic rings. The van der Waals surface area contributed by atoms with E-state index in [9.17, 15) is 0 Å². The van der Waals surface area contributed by atoms with Crippen LogP contribution in [0, 0.1) is 32.1 Å². The molecule has 6 nitrogen and oxygen atoms in total. The fraction of sp³-hybridized carbons (Fsp3) is 0.385. The van der Waals surface area contributed by atoms with Crippen molar-refractivity contribution in [1.29, 1.82) is 5.26 Å². The molecule has 0 unspecified atom stereocenters. The Balaban J connectivity index is 2.05. The summed E-state index contributed by atoms with van der Waals surface area (Å²) in [6.45, 7) is 6.13. The second kappa shape index (κ2) is 5.48. The number of aryl methyl sites for hydroxylation is 3. The Morgan fingerprint density at radius 2 is 2.11 bits per heavy atom. The van der Waals surface area contributed by atoms with Crippen molar-refractivity contribution in [3.05, 3.63) is 34.7 Å². The second-order valence-electron chi connectivity index (χ2n) is 4.29. The second-order valence-corrected chi connectivity index (χ2v) is 4.29. The maximum atomic E-state index is 9.14. The SMILES string of the molecule is Cc1cc(NCCc2noc(C)n2)c(C#N)c(C)n1. The summed E-state index contributed by atoms with van der Waals surface area (Å²) in [7, 11) is 0. The molecule has 0 saturated carbocycles. The van der Waals surface area contributed by atoms with Crippen molar-refractivity contribution in [2.24, 2.45) is 0 Å². The number of hydrogen-bond acceptors (Lipinski definition) is 6. The van der Waals surface area contributed by atoms with E-state index in [2.05, 4.69) is 26.5 Å². The molecule has 98 valence electrons. The quantitative estimate of drug-likeness (QED) is 0.900. The Morgan fingerprint density at radius 1 is 1.32 bits per heavy atom. The predicted octanol–water partition coefficient (Wildman–Crippen LogP) is 1.92. The number of nitrogens with one attached hydrogen (secondary N) is 1. The molecule has 0 amide bonds. The van der Waals surface area contributed by atoms with E-state index in [4.69, 9.17) is 9.78 Å². The summed E-state index contributed by atoms with van der Waals surface area (Å²) in [6, 6.07) is 4.04. The molecule has 1 N–H and O–H groups in total. The van der Waals surface area contributed by atoms with Crippen LogP contribution in [0.5, 0.6) is 0 Å². The third kappa shape index (κ3) is 3.07. The standard InChI is InChI=1S/C13H15N5O/c1-8-6-12(11(7-14)9(2)16-8)15-5-4-13-17-10(3)19-18-13/h6H,4-5H2,1-3H3,(H,15,16). The van der Waals surface area contributed by atoms with Crippen molar-refractivity contribution in [2.75, 3.05) is 11.9 Å². The average molecular weight is 257 g/mol. The normalized spacial score (nSPS) is 10.2. The minimum absolute atomic E-state index is 0.559. The number of aromatic nitrogens is 3. The molecule has 0 spiro atoms. The van der Waals surface area contributed by atoms with Gasteiger partial charge in [-0.25, -0.2) is 0 Å². The van der Waals surface area contributed by atoms with E-state index in [1.165, 1.54) is 0 Å². The van der Waals surface area contributed by atoms with E-state index in [1.54, 1.807) is 6.92 Å². The highest BCUT2D eigenvalue weighted by Crippen LogP contribution is 2.18. The topological polar surface area (TPSA) is 87.6 Å². The van der Waals surface area contributed by atoms with Crippen LogP contribution in [0.2, 0.25) is 0 Å². The summed E-state index contributed by atoms with van der Waals surface area (Å²) in [5, 5.41) is 16.2. The van der Waals surface area contributed by atoms with Crippen LogP contribution in [-0.4, -0.2) is 21.7 Å². The van der Waals surface area contributed by atoms with E-state index in [0.717, 1.165) is 17.1 Å². The maximum absolute atomic E-state index is 9.14. The number of rotatable bonds is 4. The van der Waals surface area contributed by atoms with Gasteiger partial charge in [-0.2, -0.15) is 10.2 Å². The highest BCUT2D eigenvalue weighted by Gasteiger charge is 2.08. The molecule has 2 aromatic heterocycles. The van der Waals surface area contributed by atoms with Crippen molar-refractivity contribution in [3.63, 3.8) is 0 Å². The average Bonchev–Trinajstić information content (AvgIpc) is 2.74. The Labute approximate surface area is 111 Å². The van der Waals surface area contributed by atoms with Crippen LogP contribution < -0.4 is 5.32 Å². The highest BCUT2D eigenvalue weighted by molar-refractivity contribution is 5.59. The number of pyridine rings is 1. The molecule has 0 aliphatic rings. The molecule has 0 aromatic carbocycles. The molecular weight excluding hydrogens is 242 g/mol. The Morgan fingerprint density at radius 3 is 2.74 bits per heavy atom. The fourth-order valence-electron chi connectivity index (χ4n) is 1.86. The monoisotopic (exact) mass is 257 g/mol. The zero-order chi connectivity index (χ0) is 13.8. The predicted molar refractivity (Wildman–Crippen MR) is 69.7 cm³/mol. The first-order valence-electron chi connectivity index (χ1n) is 6.01. The molecule has 0 aliphatic carbocycles. The van der Waals surface area contributed by atoms with Gasteiger partial charge in [-0.05, 0) is 19.9 Å². The Bertz CT molecular complexity index is 626. The van der Waals surface area contributed by atoms with E-state index in [0.29, 0.717) is 30.2 Å². The summed E-state index contributed by atoms with van der Waals surface area (Å²) in [4.78, 5) is 8.40. The zero-order valence-electron chi connectivity index (χ0n) is 11.2. The van der Waals surface area contributed by atoms with Gasteiger partial charge < -0.3 is 9.84 Å². The largest absolute Gasteiger partial charge is 0.383 e. The first-order valence-corrected chi connectivity index (χ1v) is 6.01. The molecule has 0 radical (unpaired) electrons. The van der Waals surface area contributed by atoms with Gasteiger partial charge in [-0.15, -0.1) is 0 Å². The lowest BCUT2D eigenvalue weighted by Gasteiger charge is -2.09. The third-order valence-corrected chi connectivity index (χ3v) is 2.67. The van der Waals surface area contributed by atoms with Gasteiger partial charge in [0, 0.05) is 25.6 Å². The first-order chi connectivity index (χ1) is 9.10. The molecule has 2 heterocycles. The van der Waals surface area contributed by atoms with Gasteiger partial charge in [0.25, 0.3) is 0 Å². The molecule has 19 heavy (non-hydrogen) atoms. The Kier molecular flexibility index (Phi) is 3.76. The molecule has 0 bridgehead atoms. The maximum Gasteiger partial charge on any atom is 0.223 e. The van der Waals surface area contributed by atoms with Gasteiger partial charge in [0.15, 0.2) is 5.82 Å². The summed E-state index contributed by atoms with van der Waals surface area (Å²) in [5.41, 5.74) is 3.00.